The van der Waals surface area contributed by atoms with Crippen molar-refractivity contribution in [2.75, 3.05) is 11.0 Å². The molecule has 1 nitrogen and oxygen atoms in total. The second-order valence-corrected chi connectivity index (χ2v) is 6.01. The largest absolute Gasteiger partial charge is 0.330 e. The first-order chi connectivity index (χ1) is 6.51. The van der Waals surface area contributed by atoms with Crippen LogP contribution in [-0.4, -0.2) is 11.0 Å². The Kier molecular flexibility index (Phi) is 8.30. The third-order valence-corrected chi connectivity index (χ3v) is 4.15. The molecule has 0 heterocycles. The van der Waals surface area contributed by atoms with Gasteiger partial charge in [-0.3, -0.25) is 0 Å². The number of hydrogen-bond donors (Lipinski definition) is 1. The molecule has 2 N–H and O–H groups in total. The van der Waals surface area contributed by atoms with Crippen LogP contribution in [0.15, 0.2) is 0 Å². The smallest absolute Gasteiger partial charge is 0.00239 e. The fourth-order valence-electron chi connectivity index (χ4n) is 1.96. The van der Waals surface area contributed by atoms with Crippen molar-refractivity contribution in [3.05, 3.63) is 0 Å². The lowest BCUT2D eigenvalue weighted by Crippen LogP contribution is -2.24. The van der Waals surface area contributed by atoms with Crippen molar-refractivity contribution in [3.8, 4) is 0 Å². The first-order valence-electron chi connectivity index (χ1n) is 5.77. The Bertz CT molecular complexity index is 134. The van der Waals surface area contributed by atoms with Gasteiger partial charge < -0.3 is 5.73 Å². The molecule has 0 saturated carbocycles. The zero-order valence-electron chi connectivity index (χ0n) is 10.1. The third-order valence-electron chi connectivity index (χ3n) is 2.90. The minimum Gasteiger partial charge on any atom is -0.330 e. The zero-order chi connectivity index (χ0) is 11.1. The highest BCUT2D eigenvalue weighted by Crippen LogP contribution is 2.25. The van der Waals surface area contributed by atoms with Gasteiger partial charge in [-0.1, -0.05) is 50.3 Å². The predicted molar refractivity (Wildman–Crippen MR) is 73.8 cm³/mol. The van der Waals surface area contributed by atoms with Gasteiger partial charge in [-0.15, -0.1) is 0 Å². The van der Waals surface area contributed by atoms with Gasteiger partial charge in [0, 0.05) is 4.43 Å². The van der Waals surface area contributed by atoms with Gasteiger partial charge in [0.1, 0.15) is 0 Å². The standard InChI is InChI=1S/C12H26IN/c1-9(2)5-11(7-13)6-12(8-14)10(3)4/h9-12H,5-8,14H2,1-4H3/t11-,12?/m1/s1. The first-order valence-corrected chi connectivity index (χ1v) is 7.29. The monoisotopic (exact) mass is 311 g/mol. The molecule has 0 fully saturated rings. The summed E-state index contributed by atoms with van der Waals surface area (Å²) in [6.07, 6.45) is 2.67. The molecule has 0 bridgehead atoms. The SMILES string of the molecule is CC(C)C[C@@H](CI)CC(CN)C(C)C. The Morgan fingerprint density at radius 3 is 1.93 bits per heavy atom. The van der Waals surface area contributed by atoms with Crippen molar-refractivity contribution in [1.29, 1.82) is 0 Å². The highest BCUT2D eigenvalue weighted by Gasteiger charge is 2.18. The summed E-state index contributed by atoms with van der Waals surface area (Å²) in [5, 5.41) is 0. The summed E-state index contributed by atoms with van der Waals surface area (Å²) < 4.78 is 1.28. The summed E-state index contributed by atoms with van der Waals surface area (Å²) in [6.45, 7) is 10.1. The van der Waals surface area contributed by atoms with Crippen molar-refractivity contribution in [3.63, 3.8) is 0 Å². The van der Waals surface area contributed by atoms with Crippen LogP contribution in [0.2, 0.25) is 0 Å². The van der Waals surface area contributed by atoms with E-state index in [1.54, 1.807) is 0 Å². The summed E-state index contributed by atoms with van der Waals surface area (Å²) in [5.41, 5.74) is 5.81. The van der Waals surface area contributed by atoms with Crippen LogP contribution in [0, 0.1) is 23.7 Å². The van der Waals surface area contributed by atoms with E-state index in [-0.39, 0.29) is 0 Å². The molecule has 0 aromatic carbocycles. The summed E-state index contributed by atoms with van der Waals surface area (Å²) in [7, 11) is 0. The summed E-state index contributed by atoms with van der Waals surface area (Å²) >= 11 is 2.52. The lowest BCUT2D eigenvalue weighted by Gasteiger charge is -2.25. The van der Waals surface area contributed by atoms with Gasteiger partial charge in [-0.2, -0.15) is 0 Å². The molecule has 0 aliphatic carbocycles. The fourth-order valence-corrected chi connectivity index (χ4v) is 2.68. The van der Waals surface area contributed by atoms with Crippen LogP contribution < -0.4 is 5.73 Å². The predicted octanol–water partition coefficient (Wildman–Crippen LogP) is 3.70. The number of nitrogens with two attached hydrogens (primary N) is 1. The summed E-state index contributed by atoms with van der Waals surface area (Å²) in [6, 6.07) is 0. The molecule has 2 heteroatoms. The van der Waals surface area contributed by atoms with E-state index in [2.05, 4.69) is 50.3 Å². The number of hydrogen-bond acceptors (Lipinski definition) is 1. The van der Waals surface area contributed by atoms with Crippen molar-refractivity contribution in [2.24, 2.45) is 29.4 Å². The zero-order valence-corrected chi connectivity index (χ0v) is 12.3. The quantitative estimate of drug-likeness (QED) is 0.563. The molecule has 0 aromatic rings. The van der Waals surface area contributed by atoms with Gasteiger partial charge in [-0.25, -0.2) is 0 Å². The lowest BCUT2D eigenvalue weighted by atomic mass is 9.84. The van der Waals surface area contributed by atoms with E-state index in [1.807, 2.05) is 0 Å². The fraction of sp³-hybridized carbons (Fsp3) is 1.00. The normalized spacial score (nSPS) is 16.3. The van der Waals surface area contributed by atoms with E-state index in [0.29, 0.717) is 5.92 Å². The Labute approximate surface area is 103 Å². The van der Waals surface area contributed by atoms with Crippen LogP contribution in [-0.2, 0) is 0 Å². The molecular formula is C12H26IN. The minimum absolute atomic E-state index is 0.716. The second kappa shape index (κ2) is 7.91. The molecule has 0 aliphatic heterocycles. The molecule has 0 spiro atoms. The summed E-state index contributed by atoms with van der Waals surface area (Å²) in [4.78, 5) is 0. The van der Waals surface area contributed by atoms with Gasteiger partial charge in [0.15, 0.2) is 0 Å². The molecule has 0 radical (unpaired) electrons. The van der Waals surface area contributed by atoms with E-state index in [1.165, 1.54) is 17.3 Å². The van der Waals surface area contributed by atoms with E-state index >= 15 is 0 Å². The van der Waals surface area contributed by atoms with Crippen LogP contribution >= 0.6 is 22.6 Å². The van der Waals surface area contributed by atoms with Gasteiger partial charge >= 0.3 is 0 Å². The van der Waals surface area contributed by atoms with E-state index in [0.717, 1.165) is 24.3 Å². The van der Waals surface area contributed by atoms with Crippen molar-refractivity contribution in [2.45, 2.75) is 40.5 Å². The topological polar surface area (TPSA) is 26.0 Å². The molecule has 0 aromatic heterocycles. The Morgan fingerprint density at radius 2 is 1.64 bits per heavy atom. The molecule has 2 atom stereocenters. The molecule has 1 unspecified atom stereocenters. The van der Waals surface area contributed by atoms with E-state index < -0.39 is 0 Å². The minimum atomic E-state index is 0.716. The number of alkyl halides is 1. The van der Waals surface area contributed by atoms with Crippen LogP contribution in [0.3, 0.4) is 0 Å². The Morgan fingerprint density at radius 1 is 1.07 bits per heavy atom. The maximum Gasteiger partial charge on any atom is 0.00239 e. The van der Waals surface area contributed by atoms with Gasteiger partial charge in [0.25, 0.3) is 0 Å². The Hall–Kier alpha value is 0.690. The molecule has 86 valence electrons. The average molecular weight is 311 g/mol. The molecule has 0 amide bonds. The van der Waals surface area contributed by atoms with Crippen LogP contribution in [0.5, 0.6) is 0 Å². The first kappa shape index (κ1) is 14.7. The molecule has 14 heavy (non-hydrogen) atoms. The van der Waals surface area contributed by atoms with Crippen molar-refractivity contribution < 1.29 is 0 Å². The van der Waals surface area contributed by atoms with Gasteiger partial charge in [-0.05, 0) is 43.1 Å². The molecule has 0 aliphatic rings. The van der Waals surface area contributed by atoms with Crippen molar-refractivity contribution in [1.82, 2.24) is 0 Å². The van der Waals surface area contributed by atoms with Crippen LogP contribution in [0.25, 0.3) is 0 Å². The maximum absolute atomic E-state index is 5.81. The highest BCUT2D eigenvalue weighted by atomic mass is 127. The molecule has 0 saturated heterocycles. The van der Waals surface area contributed by atoms with Crippen LogP contribution in [0.4, 0.5) is 0 Å². The summed E-state index contributed by atoms with van der Waals surface area (Å²) in [5.74, 6) is 3.14. The second-order valence-electron chi connectivity index (χ2n) is 5.13. The van der Waals surface area contributed by atoms with Crippen molar-refractivity contribution >= 4 is 22.6 Å². The van der Waals surface area contributed by atoms with Crippen LogP contribution in [0.1, 0.15) is 40.5 Å². The molecule has 0 rings (SSSR count). The molecular weight excluding hydrogens is 285 g/mol. The lowest BCUT2D eigenvalue weighted by molar-refractivity contribution is 0.293. The van der Waals surface area contributed by atoms with E-state index in [4.69, 9.17) is 5.73 Å². The van der Waals surface area contributed by atoms with E-state index in [9.17, 15) is 0 Å². The number of rotatable bonds is 7. The van der Waals surface area contributed by atoms with Gasteiger partial charge in [0.2, 0.25) is 0 Å². The highest BCUT2D eigenvalue weighted by molar-refractivity contribution is 14.1. The number of halogens is 1. The maximum atomic E-state index is 5.81. The average Bonchev–Trinajstić information content (AvgIpc) is 2.10. The van der Waals surface area contributed by atoms with Gasteiger partial charge in [0.05, 0.1) is 0 Å². The third kappa shape index (κ3) is 6.23. The Balaban J connectivity index is 4.00.